The van der Waals surface area contributed by atoms with E-state index in [1.807, 2.05) is 0 Å². The molecule has 2 rings (SSSR count). The van der Waals surface area contributed by atoms with Crippen molar-refractivity contribution in [2.75, 3.05) is 6.54 Å². The van der Waals surface area contributed by atoms with Gasteiger partial charge in [-0.3, -0.25) is 14.5 Å². The third kappa shape index (κ3) is 2.90. The molecule has 102 valence electrons. The highest BCUT2D eigenvalue weighted by Crippen LogP contribution is 2.21. The lowest BCUT2D eigenvalue weighted by atomic mass is 10.1. The van der Waals surface area contributed by atoms with Gasteiger partial charge in [-0.05, 0) is 31.5 Å². The van der Waals surface area contributed by atoms with Crippen molar-refractivity contribution in [1.82, 2.24) is 4.90 Å². The zero-order chi connectivity index (χ0) is 14.0. The van der Waals surface area contributed by atoms with E-state index < -0.39 is 23.7 Å². The fourth-order valence-electron chi connectivity index (χ4n) is 2.34. The summed E-state index contributed by atoms with van der Waals surface area (Å²) in [6.07, 6.45) is 1.37. The Labute approximate surface area is 109 Å². The van der Waals surface area contributed by atoms with Crippen molar-refractivity contribution in [2.45, 2.75) is 25.4 Å². The van der Waals surface area contributed by atoms with Crippen LogP contribution in [-0.2, 0) is 11.3 Å². The van der Waals surface area contributed by atoms with Gasteiger partial charge < -0.3 is 10.8 Å². The molecule has 0 bridgehead atoms. The topological polar surface area (TPSA) is 83.6 Å². The van der Waals surface area contributed by atoms with Crippen molar-refractivity contribution in [3.63, 3.8) is 0 Å². The van der Waals surface area contributed by atoms with Crippen LogP contribution in [0.5, 0.6) is 0 Å². The summed E-state index contributed by atoms with van der Waals surface area (Å²) in [5, 5.41) is 9.05. The zero-order valence-corrected chi connectivity index (χ0v) is 10.3. The molecule has 1 aliphatic rings. The van der Waals surface area contributed by atoms with Crippen LogP contribution in [0.25, 0.3) is 0 Å². The number of hydrogen-bond acceptors (Lipinski definition) is 3. The Morgan fingerprint density at radius 2 is 2.21 bits per heavy atom. The number of hydrogen-bond donors (Lipinski definition) is 2. The lowest BCUT2D eigenvalue weighted by Gasteiger charge is -2.21. The number of aliphatic carboxylic acids is 1. The molecule has 0 radical (unpaired) electrons. The van der Waals surface area contributed by atoms with E-state index in [0.717, 1.165) is 12.5 Å². The molecule has 1 atom stereocenters. The molecule has 0 aliphatic carbocycles. The highest BCUT2D eigenvalue weighted by Gasteiger charge is 2.30. The van der Waals surface area contributed by atoms with E-state index in [1.54, 1.807) is 4.90 Å². The van der Waals surface area contributed by atoms with Crippen LogP contribution in [0.15, 0.2) is 18.2 Å². The van der Waals surface area contributed by atoms with Crippen molar-refractivity contribution < 1.29 is 19.1 Å². The first-order chi connectivity index (χ1) is 8.99. The average molecular weight is 266 g/mol. The molecule has 1 fully saturated rings. The molecule has 1 unspecified atom stereocenters. The Morgan fingerprint density at radius 1 is 1.47 bits per heavy atom. The number of primary amides is 1. The number of carbonyl (C=O) groups excluding carboxylic acids is 1. The summed E-state index contributed by atoms with van der Waals surface area (Å²) in [5.41, 5.74) is 5.55. The predicted octanol–water partition coefficient (Wildman–Crippen LogP) is 0.974. The van der Waals surface area contributed by atoms with E-state index in [9.17, 15) is 14.0 Å². The number of amides is 1. The van der Waals surface area contributed by atoms with E-state index in [1.165, 1.54) is 12.1 Å². The summed E-state index contributed by atoms with van der Waals surface area (Å²) >= 11 is 0. The fraction of sp³-hybridized carbons (Fsp3) is 0.385. The van der Waals surface area contributed by atoms with Crippen LogP contribution in [0.1, 0.15) is 28.8 Å². The predicted molar refractivity (Wildman–Crippen MR) is 66.0 cm³/mol. The van der Waals surface area contributed by atoms with Gasteiger partial charge in [-0.1, -0.05) is 6.07 Å². The van der Waals surface area contributed by atoms with Crippen molar-refractivity contribution in [3.8, 4) is 0 Å². The summed E-state index contributed by atoms with van der Waals surface area (Å²) < 4.78 is 13.8. The van der Waals surface area contributed by atoms with Crippen molar-refractivity contribution in [1.29, 1.82) is 0 Å². The van der Waals surface area contributed by atoms with Gasteiger partial charge in [0.1, 0.15) is 11.9 Å². The maximum Gasteiger partial charge on any atom is 0.320 e. The van der Waals surface area contributed by atoms with Gasteiger partial charge in [0, 0.05) is 17.7 Å². The van der Waals surface area contributed by atoms with E-state index >= 15 is 0 Å². The Hall–Kier alpha value is -1.95. The van der Waals surface area contributed by atoms with Gasteiger partial charge >= 0.3 is 5.97 Å². The number of likely N-dealkylation sites (tertiary alicyclic amines) is 1. The quantitative estimate of drug-likeness (QED) is 0.850. The van der Waals surface area contributed by atoms with Crippen LogP contribution < -0.4 is 5.73 Å². The minimum absolute atomic E-state index is 0.109. The lowest BCUT2D eigenvalue weighted by molar-refractivity contribution is -0.142. The normalized spacial score (nSPS) is 19.5. The molecule has 1 aromatic rings. The first-order valence-corrected chi connectivity index (χ1v) is 6.04. The molecule has 0 saturated carbocycles. The average Bonchev–Trinajstić information content (AvgIpc) is 2.79. The number of nitrogens with two attached hydrogens (primary N) is 1. The Kier molecular flexibility index (Phi) is 3.80. The number of benzene rings is 1. The third-order valence-corrected chi connectivity index (χ3v) is 3.36. The van der Waals surface area contributed by atoms with Gasteiger partial charge in [0.25, 0.3) is 0 Å². The number of carbonyl (C=O) groups is 2. The number of carboxylic acid groups (broad SMARTS) is 1. The second-order valence-corrected chi connectivity index (χ2v) is 4.64. The van der Waals surface area contributed by atoms with Crippen LogP contribution in [0, 0.1) is 5.82 Å². The number of nitrogens with zero attached hydrogens (tertiary/aromatic N) is 1. The monoisotopic (exact) mass is 266 g/mol. The highest BCUT2D eigenvalue weighted by atomic mass is 19.1. The summed E-state index contributed by atoms with van der Waals surface area (Å²) in [6, 6.07) is 3.46. The molecule has 0 aromatic heterocycles. The maximum absolute atomic E-state index is 13.8. The van der Waals surface area contributed by atoms with Gasteiger partial charge in [-0.25, -0.2) is 4.39 Å². The Morgan fingerprint density at radius 3 is 2.79 bits per heavy atom. The summed E-state index contributed by atoms with van der Waals surface area (Å²) in [7, 11) is 0. The fourth-order valence-corrected chi connectivity index (χ4v) is 2.34. The van der Waals surface area contributed by atoms with Crippen molar-refractivity contribution in [2.24, 2.45) is 5.73 Å². The van der Waals surface area contributed by atoms with Crippen LogP contribution >= 0.6 is 0 Å². The maximum atomic E-state index is 13.8. The van der Waals surface area contributed by atoms with Crippen LogP contribution in [0.3, 0.4) is 0 Å². The molecule has 1 aromatic carbocycles. The minimum atomic E-state index is -0.883. The number of halogens is 1. The van der Waals surface area contributed by atoms with Crippen molar-refractivity contribution >= 4 is 11.9 Å². The van der Waals surface area contributed by atoms with Crippen LogP contribution in [0.2, 0.25) is 0 Å². The molecule has 1 aliphatic heterocycles. The van der Waals surface area contributed by atoms with Gasteiger partial charge in [0.05, 0.1) is 0 Å². The minimum Gasteiger partial charge on any atom is -0.480 e. The second-order valence-electron chi connectivity index (χ2n) is 4.64. The zero-order valence-electron chi connectivity index (χ0n) is 10.3. The van der Waals surface area contributed by atoms with Crippen molar-refractivity contribution in [3.05, 3.63) is 35.1 Å². The molecule has 19 heavy (non-hydrogen) atoms. The molecule has 1 saturated heterocycles. The molecular weight excluding hydrogens is 251 g/mol. The first kappa shape index (κ1) is 13.5. The van der Waals surface area contributed by atoms with Gasteiger partial charge in [-0.15, -0.1) is 0 Å². The van der Waals surface area contributed by atoms with Crippen LogP contribution in [0.4, 0.5) is 4.39 Å². The van der Waals surface area contributed by atoms with E-state index in [0.29, 0.717) is 18.5 Å². The SMILES string of the molecule is NC(=O)c1ccc(CN2CCCC2C(=O)O)c(F)c1. The second kappa shape index (κ2) is 5.36. The summed E-state index contributed by atoms with van der Waals surface area (Å²) in [4.78, 5) is 23.7. The number of carboxylic acids is 1. The third-order valence-electron chi connectivity index (χ3n) is 3.36. The first-order valence-electron chi connectivity index (χ1n) is 6.04. The molecular formula is C13H15FN2O3. The largest absolute Gasteiger partial charge is 0.480 e. The molecule has 6 heteroatoms. The lowest BCUT2D eigenvalue weighted by Crippen LogP contribution is -2.35. The number of rotatable bonds is 4. The van der Waals surface area contributed by atoms with E-state index in [-0.39, 0.29) is 12.1 Å². The van der Waals surface area contributed by atoms with E-state index in [4.69, 9.17) is 10.8 Å². The smallest absolute Gasteiger partial charge is 0.320 e. The summed E-state index contributed by atoms with van der Waals surface area (Å²) in [6.45, 7) is 0.857. The van der Waals surface area contributed by atoms with Gasteiger partial charge in [0.2, 0.25) is 5.91 Å². The Balaban J connectivity index is 2.15. The Bertz CT molecular complexity index is 519. The standard InChI is InChI=1S/C13H15FN2O3/c14-10-6-8(12(15)17)3-4-9(10)7-16-5-1-2-11(16)13(18)19/h3-4,6,11H,1-2,5,7H2,(H2,15,17)(H,18,19). The van der Waals surface area contributed by atoms with E-state index in [2.05, 4.69) is 0 Å². The van der Waals surface area contributed by atoms with Gasteiger partial charge in [0.15, 0.2) is 0 Å². The molecule has 1 heterocycles. The molecule has 0 spiro atoms. The van der Waals surface area contributed by atoms with Crippen LogP contribution in [-0.4, -0.2) is 34.5 Å². The molecule has 1 amide bonds. The van der Waals surface area contributed by atoms with Gasteiger partial charge in [-0.2, -0.15) is 0 Å². The molecule has 3 N–H and O–H groups in total. The summed E-state index contributed by atoms with van der Waals surface area (Å²) in [5.74, 6) is -2.10. The highest BCUT2D eigenvalue weighted by molar-refractivity contribution is 5.92. The molecule has 5 nitrogen and oxygen atoms in total.